The van der Waals surface area contributed by atoms with Crippen molar-refractivity contribution in [3.8, 4) is 0 Å². The van der Waals surface area contributed by atoms with Crippen molar-refractivity contribution in [2.24, 2.45) is 0 Å². The summed E-state index contributed by atoms with van der Waals surface area (Å²) in [6, 6.07) is 0.316. The van der Waals surface area contributed by atoms with Crippen molar-refractivity contribution in [1.82, 2.24) is 15.1 Å². The number of nitrogens with zero attached hydrogens (tertiary/aromatic N) is 2. The molecule has 2 amide bonds. The number of amides is 2. The molecule has 0 aromatic heterocycles. The zero-order valence-corrected chi connectivity index (χ0v) is 10.6. The molecule has 5 nitrogen and oxygen atoms in total. The minimum Gasteiger partial charge on any atom is -0.342 e. The standard InChI is InChI=1S/C12H21N3O2/c1-9-4-3-5-10(13-9)12(17)15-7-6-14(2)11(16)8-15/h9-10,13H,3-8H2,1-2H3. The molecular formula is C12H21N3O2. The topological polar surface area (TPSA) is 52.7 Å². The van der Waals surface area contributed by atoms with Crippen LogP contribution in [0.15, 0.2) is 0 Å². The molecule has 0 spiro atoms. The highest BCUT2D eigenvalue weighted by Gasteiger charge is 2.31. The number of piperidine rings is 1. The van der Waals surface area contributed by atoms with Crippen molar-refractivity contribution in [2.45, 2.75) is 38.3 Å². The molecule has 96 valence electrons. The average Bonchev–Trinajstić information content (AvgIpc) is 2.32. The van der Waals surface area contributed by atoms with Gasteiger partial charge < -0.3 is 15.1 Å². The SMILES string of the molecule is CC1CCCC(C(=O)N2CCN(C)C(=O)C2)N1. The third-order valence-electron chi connectivity index (χ3n) is 3.68. The van der Waals surface area contributed by atoms with E-state index in [9.17, 15) is 9.59 Å². The summed E-state index contributed by atoms with van der Waals surface area (Å²) < 4.78 is 0. The molecule has 2 heterocycles. The summed E-state index contributed by atoms with van der Waals surface area (Å²) in [4.78, 5) is 27.2. The zero-order valence-electron chi connectivity index (χ0n) is 10.6. The molecule has 0 aromatic carbocycles. The summed E-state index contributed by atoms with van der Waals surface area (Å²) >= 11 is 0. The first-order valence-corrected chi connectivity index (χ1v) is 6.36. The number of piperazine rings is 1. The number of carbonyl (C=O) groups excluding carboxylic acids is 2. The number of nitrogens with one attached hydrogen (secondary N) is 1. The van der Waals surface area contributed by atoms with E-state index < -0.39 is 0 Å². The molecule has 2 rings (SSSR count). The molecule has 2 fully saturated rings. The largest absolute Gasteiger partial charge is 0.342 e. The van der Waals surface area contributed by atoms with Gasteiger partial charge in [0.2, 0.25) is 11.8 Å². The lowest BCUT2D eigenvalue weighted by Crippen LogP contribution is -2.57. The van der Waals surface area contributed by atoms with Gasteiger partial charge in [-0.05, 0) is 26.2 Å². The maximum absolute atomic E-state index is 12.2. The number of carbonyl (C=O) groups is 2. The van der Waals surface area contributed by atoms with Crippen LogP contribution in [0.3, 0.4) is 0 Å². The Morgan fingerprint density at radius 2 is 2.12 bits per heavy atom. The summed E-state index contributed by atoms with van der Waals surface area (Å²) in [5.41, 5.74) is 0. The lowest BCUT2D eigenvalue weighted by Gasteiger charge is -2.36. The highest BCUT2D eigenvalue weighted by atomic mass is 16.2. The Bertz CT molecular complexity index is 319. The van der Waals surface area contributed by atoms with E-state index >= 15 is 0 Å². The van der Waals surface area contributed by atoms with Gasteiger partial charge in [0.25, 0.3) is 0 Å². The number of hydrogen-bond acceptors (Lipinski definition) is 3. The van der Waals surface area contributed by atoms with Crippen LogP contribution in [0.4, 0.5) is 0 Å². The Hall–Kier alpha value is -1.10. The molecule has 17 heavy (non-hydrogen) atoms. The third kappa shape index (κ3) is 2.77. The van der Waals surface area contributed by atoms with Crippen LogP contribution < -0.4 is 5.32 Å². The van der Waals surface area contributed by atoms with Crippen LogP contribution in [0.5, 0.6) is 0 Å². The molecule has 5 heteroatoms. The summed E-state index contributed by atoms with van der Waals surface area (Å²) in [6.07, 6.45) is 3.11. The molecule has 2 unspecified atom stereocenters. The molecule has 1 N–H and O–H groups in total. The zero-order chi connectivity index (χ0) is 12.4. The maximum Gasteiger partial charge on any atom is 0.241 e. The first kappa shape index (κ1) is 12.4. The van der Waals surface area contributed by atoms with E-state index in [-0.39, 0.29) is 24.4 Å². The highest BCUT2D eigenvalue weighted by Crippen LogP contribution is 2.15. The van der Waals surface area contributed by atoms with Crippen LogP contribution in [0, 0.1) is 0 Å². The second-order valence-electron chi connectivity index (χ2n) is 5.13. The number of likely N-dealkylation sites (N-methyl/N-ethyl adjacent to an activating group) is 1. The number of rotatable bonds is 1. The van der Waals surface area contributed by atoms with Gasteiger partial charge in [0.05, 0.1) is 12.6 Å². The van der Waals surface area contributed by atoms with Gasteiger partial charge in [-0.25, -0.2) is 0 Å². The molecule has 2 saturated heterocycles. The van der Waals surface area contributed by atoms with E-state index in [0.29, 0.717) is 19.1 Å². The maximum atomic E-state index is 12.2. The third-order valence-corrected chi connectivity index (χ3v) is 3.68. The van der Waals surface area contributed by atoms with Crippen molar-refractivity contribution in [3.05, 3.63) is 0 Å². The second-order valence-corrected chi connectivity index (χ2v) is 5.13. The Morgan fingerprint density at radius 1 is 1.35 bits per heavy atom. The summed E-state index contributed by atoms with van der Waals surface area (Å²) in [7, 11) is 1.78. The Balaban J connectivity index is 1.93. The highest BCUT2D eigenvalue weighted by molar-refractivity contribution is 5.88. The monoisotopic (exact) mass is 239 g/mol. The van der Waals surface area contributed by atoms with Crippen molar-refractivity contribution in [1.29, 1.82) is 0 Å². The Labute approximate surface area is 102 Å². The van der Waals surface area contributed by atoms with E-state index in [0.717, 1.165) is 19.3 Å². The van der Waals surface area contributed by atoms with Gasteiger partial charge in [0.15, 0.2) is 0 Å². The fourth-order valence-corrected chi connectivity index (χ4v) is 2.50. The van der Waals surface area contributed by atoms with E-state index in [1.807, 2.05) is 0 Å². The summed E-state index contributed by atoms with van der Waals surface area (Å²) in [6.45, 7) is 3.65. The van der Waals surface area contributed by atoms with E-state index in [1.165, 1.54) is 0 Å². The molecule has 0 saturated carbocycles. The van der Waals surface area contributed by atoms with Gasteiger partial charge >= 0.3 is 0 Å². The van der Waals surface area contributed by atoms with E-state index in [4.69, 9.17) is 0 Å². The predicted octanol–water partition coefficient (Wildman–Crippen LogP) is -0.182. The van der Waals surface area contributed by atoms with Crippen LogP contribution in [0.25, 0.3) is 0 Å². The molecule has 0 bridgehead atoms. The first-order valence-electron chi connectivity index (χ1n) is 6.36. The van der Waals surface area contributed by atoms with Crippen molar-refractivity contribution < 1.29 is 9.59 Å². The molecule has 0 aromatic rings. The molecule has 0 aliphatic carbocycles. The fourth-order valence-electron chi connectivity index (χ4n) is 2.50. The van der Waals surface area contributed by atoms with Crippen LogP contribution in [-0.2, 0) is 9.59 Å². The lowest BCUT2D eigenvalue weighted by molar-refractivity contribution is -0.145. The smallest absolute Gasteiger partial charge is 0.241 e. The van der Waals surface area contributed by atoms with Gasteiger partial charge in [-0.2, -0.15) is 0 Å². The number of hydrogen-bond donors (Lipinski definition) is 1. The predicted molar refractivity (Wildman–Crippen MR) is 64.5 cm³/mol. The normalized spacial score (nSPS) is 30.6. The minimum absolute atomic E-state index is 0.0356. The van der Waals surface area contributed by atoms with Crippen LogP contribution in [-0.4, -0.2) is 60.4 Å². The van der Waals surface area contributed by atoms with Crippen molar-refractivity contribution >= 4 is 11.8 Å². The first-order chi connectivity index (χ1) is 8.08. The van der Waals surface area contributed by atoms with Crippen LogP contribution in [0.2, 0.25) is 0 Å². The summed E-state index contributed by atoms with van der Waals surface area (Å²) in [5.74, 6) is 0.131. The van der Waals surface area contributed by atoms with E-state index in [1.54, 1.807) is 16.8 Å². The fraction of sp³-hybridized carbons (Fsp3) is 0.833. The molecular weight excluding hydrogens is 218 g/mol. The average molecular weight is 239 g/mol. The Morgan fingerprint density at radius 3 is 2.76 bits per heavy atom. The lowest BCUT2D eigenvalue weighted by atomic mass is 9.98. The second kappa shape index (κ2) is 5.04. The van der Waals surface area contributed by atoms with Crippen molar-refractivity contribution in [3.63, 3.8) is 0 Å². The molecule has 2 aliphatic heterocycles. The molecule has 0 radical (unpaired) electrons. The minimum atomic E-state index is -0.0880. The van der Waals surface area contributed by atoms with E-state index in [2.05, 4.69) is 12.2 Å². The Kier molecular flexibility index (Phi) is 3.66. The summed E-state index contributed by atoms with van der Waals surface area (Å²) in [5, 5.41) is 3.32. The van der Waals surface area contributed by atoms with Gasteiger partial charge in [-0.3, -0.25) is 9.59 Å². The van der Waals surface area contributed by atoms with Crippen LogP contribution in [0.1, 0.15) is 26.2 Å². The molecule has 2 aliphatic rings. The van der Waals surface area contributed by atoms with Gasteiger partial charge in [0.1, 0.15) is 0 Å². The molecule has 2 atom stereocenters. The van der Waals surface area contributed by atoms with Gasteiger partial charge in [0, 0.05) is 26.2 Å². The van der Waals surface area contributed by atoms with Gasteiger partial charge in [-0.15, -0.1) is 0 Å². The van der Waals surface area contributed by atoms with Gasteiger partial charge in [-0.1, -0.05) is 0 Å². The van der Waals surface area contributed by atoms with Crippen LogP contribution >= 0.6 is 0 Å². The van der Waals surface area contributed by atoms with Crippen molar-refractivity contribution in [2.75, 3.05) is 26.7 Å². The quantitative estimate of drug-likeness (QED) is 0.690.